The molecule has 3 rings (SSSR count). The number of hydrogen-bond donors (Lipinski definition) is 1. The number of pyridine rings is 1. The van der Waals surface area contributed by atoms with Crippen LogP contribution in [-0.4, -0.2) is 54.4 Å². The Morgan fingerprint density at radius 2 is 1.89 bits per heavy atom. The first-order chi connectivity index (χ1) is 13.6. The van der Waals surface area contributed by atoms with Crippen LogP contribution in [0.3, 0.4) is 0 Å². The summed E-state index contributed by atoms with van der Waals surface area (Å²) >= 11 is 0. The lowest BCUT2D eigenvalue weighted by molar-refractivity contribution is -0.121. The molecule has 0 aliphatic carbocycles. The van der Waals surface area contributed by atoms with Gasteiger partial charge in [0, 0.05) is 50.4 Å². The van der Waals surface area contributed by atoms with Gasteiger partial charge in [-0.2, -0.15) is 0 Å². The van der Waals surface area contributed by atoms with E-state index in [0.29, 0.717) is 25.3 Å². The summed E-state index contributed by atoms with van der Waals surface area (Å²) in [6.07, 6.45) is 3.99. The smallest absolute Gasteiger partial charge is 0.220 e. The van der Waals surface area contributed by atoms with Crippen LogP contribution in [-0.2, 0) is 9.53 Å². The van der Waals surface area contributed by atoms with Crippen molar-refractivity contribution in [3.05, 3.63) is 65.5 Å². The molecule has 0 saturated carbocycles. The minimum Gasteiger partial charge on any atom is -0.379 e. The predicted octanol–water partition coefficient (Wildman–Crippen LogP) is 2.54. The molecule has 1 N–H and O–H groups in total. The molecular weight excluding hydrogens is 354 g/mol. The van der Waals surface area contributed by atoms with Gasteiger partial charge < -0.3 is 10.1 Å². The maximum absolute atomic E-state index is 12.3. The summed E-state index contributed by atoms with van der Waals surface area (Å²) in [7, 11) is 0. The van der Waals surface area contributed by atoms with Crippen molar-refractivity contribution in [1.82, 2.24) is 15.2 Å². The molecule has 1 atom stereocenters. The van der Waals surface area contributed by atoms with Crippen molar-refractivity contribution in [3.8, 4) is 0 Å². The molecule has 2 heterocycles. The van der Waals surface area contributed by atoms with Crippen LogP contribution in [0.4, 0.5) is 0 Å². The summed E-state index contributed by atoms with van der Waals surface area (Å²) in [6, 6.07) is 11.4. The highest BCUT2D eigenvalue weighted by Crippen LogP contribution is 2.20. The first-order valence-corrected chi connectivity index (χ1v) is 9.72. The van der Waals surface area contributed by atoms with Gasteiger partial charge >= 0.3 is 0 Å². The van der Waals surface area contributed by atoms with Gasteiger partial charge in [-0.3, -0.25) is 19.5 Å². The highest BCUT2D eigenvalue weighted by atomic mass is 16.5. The number of hydrogen-bond acceptors (Lipinski definition) is 5. The van der Waals surface area contributed by atoms with Gasteiger partial charge in [0.25, 0.3) is 0 Å². The fourth-order valence-corrected chi connectivity index (χ4v) is 3.33. The number of nitrogens with one attached hydrogen (secondary N) is 1. The highest BCUT2D eigenvalue weighted by Gasteiger charge is 2.23. The zero-order chi connectivity index (χ0) is 19.8. The van der Waals surface area contributed by atoms with Crippen LogP contribution in [0.2, 0.25) is 0 Å². The standard InChI is InChI=1S/C22H27N3O3/c1-17-4-6-18(7-5-17)21(26)8-9-22(27)24-16-20(19-3-2-10-23-15-19)25-11-13-28-14-12-25/h2-7,10,15,20H,8-9,11-14,16H2,1H3,(H,24,27). The fraction of sp³-hybridized carbons (Fsp3) is 0.409. The summed E-state index contributed by atoms with van der Waals surface area (Å²) < 4.78 is 5.44. The van der Waals surface area contributed by atoms with E-state index in [0.717, 1.165) is 24.2 Å². The number of benzene rings is 1. The van der Waals surface area contributed by atoms with E-state index < -0.39 is 0 Å². The molecule has 0 bridgehead atoms. The van der Waals surface area contributed by atoms with Crippen LogP contribution in [0.1, 0.15) is 40.4 Å². The third-order valence-electron chi connectivity index (χ3n) is 5.00. The number of rotatable bonds is 8. The Bertz CT molecular complexity index is 771. The van der Waals surface area contributed by atoms with E-state index >= 15 is 0 Å². The van der Waals surface area contributed by atoms with E-state index in [9.17, 15) is 9.59 Å². The number of ketones is 1. The second-order valence-electron chi connectivity index (χ2n) is 7.04. The Morgan fingerprint density at radius 3 is 2.57 bits per heavy atom. The van der Waals surface area contributed by atoms with Gasteiger partial charge in [-0.05, 0) is 18.6 Å². The molecule has 0 spiro atoms. The van der Waals surface area contributed by atoms with Crippen LogP contribution in [0.25, 0.3) is 0 Å². The lowest BCUT2D eigenvalue weighted by Crippen LogP contribution is -2.43. The van der Waals surface area contributed by atoms with E-state index in [2.05, 4.69) is 15.2 Å². The Hall–Kier alpha value is -2.57. The second-order valence-corrected chi connectivity index (χ2v) is 7.04. The highest BCUT2D eigenvalue weighted by molar-refractivity contribution is 5.97. The van der Waals surface area contributed by atoms with Crippen molar-refractivity contribution in [1.29, 1.82) is 0 Å². The maximum atomic E-state index is 12.3. The van der Waals surface area contributed by atoms with E-state index in [-0.39, 0.29) is 30.6 Å². The molecule has 148 valence electrons. The number of amides is 1. The molecule has 2 aromatic rings. The minimum absolute atomic E-state index is 0.00728. The van der Waals surface area contributed by atoms with E-state index in [1.807, 2.05) is 49.5 Å². The van der Waals surface area contributed by atoms with Crippen LogP contribution in [0.15, 0.2) is 48.8 Å². The molecule has 1 aliphatic heterocycles. The molecule has 1 aliphatic rings. The monoisotopic (exact) mass is 381 g/mol. The predicted molar refractivity (Wildman–Crippen MR) is 107 cm³/mol. The molecule has 6 heteroatoms. The summed E-state index contributed by atoms with van der Waals surface area (Å²) in [4.78, 5) is 31.1. The lowest BCUT2D eigenvalue weighted by atomic mass is 10.0. The Labute approximate surface area is 165 Å². The van der Waals surface area contributed by atoms with Crippen molar-refractivity contribution >= 4 is 11.7 Å². The zero-order valence-electron chi connectivity index (χ0n) is 16.3. The summed E-state index contributed by atoms with van der Waals surface area (Å²) in [5.41, 5.74) is 2.83. The number of carbonyl (C=O) groups is 2. The van der Waals surface area contributed by atoms with Gasteiger partial charge in [-0.1, -0.05) is 35.9 Å². The fourth-order valence-electron chi connectivity index (χ4n) is 3.33. The van der Waals surface area contributed by atoms with Crippen molar-refractivity contribution in [2.24, 2.45) is 0 Å². The summed E-state index contributed by atoms with van der Waals surface area (Å²) in [5, 5.41) is 2.99. The van der Waals surface area contributed by atoms with Crippen molar-refractivity contribution < 1.29 is 14.3 Å². The molecule has 6 nitrogen and oxygen atoms in total. The van der Waals surface area contributed by atoms with Crippen molar-refractivity contribution in [3.63, 3.8) is 0 Å². The molecule has 1 fully saturated rings. The number of Topliss-reactive ketones (excluding diaryl/α,β-unsaturated/α-hetero) is 1. The maximum Gasteiger partial charge on any atom is 0.220 e. The lowest BCUT2D eigenvalue weighted by Gasteiger charge is -2.34. The van der Waals surface area contributed by atoms with Crippen molar-refractivity contribution in [2.45, 2.75) is 25.8 Å². The first kappa shape index (κ1) is 20.2. The first-order valence-electron chi connectivity index (χ1n) is 9.72. The molecular formula is C22H27N3O3. The number of ether oxygens (including phenoxy) is 1. The Kier molecular flexibility index (Phi) is 7.28. The van der Waals surface area contributed by atoms with Gasteiger partial charge in [0.1, 0.15) is 0 Å². The molecule has 1 aromatic carbocycles. The third-order valence-corrected chi connectivity index (χ3v) is 5.00. The third kappa shape index (κ3) is 5.71. The Morgan fingerprint density at radius 1 is 1.14 bits per heavy atom. The molecule has 1 aromatic heterocycles. The normalized spacial score (nSPS) is 15.8. The molecule has 0 radical (unpaired) electrons. The molecule has 1 unspecified atom stereocenters. The van der Waals surface area contributed by atoms with Crippen LogP contribution >= 0.6 is 0 Å². The van der Waals surface area contributed by atoms with Crippen LogP contribution in [0, 0.1) is 6.92 Å². The minimum atomic E-state index is -0.109. The van der Waals surface area contributed by atoms with Crippen LogP contribution < -0.4 is 5.32 Å². The van der Waals surface area contributed by atoms with E-state index in [4.69, 9.17) is 4.74 Å². The topological polar surface area (TPSA) is 71.5 Å². The Balaban J connectivity index is 1.53. The number of carbonyl (C=O) groups excluding carboxylic acids is 2. The number of morpholine rings is 1. The van der Waals surface area contributed by atoms with E-state index in [1.54, 1.807) is 6.20 Å². The van der Waals surface area contributed by atoms with Crippen molar-refractivity contribution in [2.75, 3.05) is 32.8 Å². The van der Waals surface area contributed by atoms with Crippen LogP contribution in [0.5, 0.6) is 0 Å². The average molecular weight is 381 g/mol. The second kappa shape index (κ2) is 10.1. The van der Waals surface area contributed by atoms with Gasteiger partial charge in [-0.15, -0.1) is 0 Å². The molecule has 1 amide bonds. The van der Waals surface area contributed by atoms with Gasteiger partial charge in [0.2, 0.25) is 5.91 Å². The van der Waals surface area contributed by atoms with E-state index in [1.165, 1.54) is 0 Å². The largest absolute Gasteiger partial charge is 0.379 e. The summed E-state index contributed by atoms with van der Waals surface area (Å²) in [5.74, 6) is -0.116. The SMILES string of the molecule is Cc1ccc(C(=O)CCC(=O)NCC(c2cccnc2)N2CCOCC2)cc1. The average Bonchev–Trinajstić information content (AvgIpc) is 2.74. The zero-order valence-corrected chi connectivity index (χ0v) is 16.3. The van der Waals surface area contributed by atoms with Gasteiger partial charge in [0.05, 0.1) is 19.3 Å². The molecule has 28 heavy (non-hydrogen) atoms. The van der Waals surface area contributed by atoms with Gasteiger partial charge in [0.15, 0.2) is 5.78 Å². The summed E-state index contributed by atoms with van der Waals surface area (Å²) in [6.45, 7) is 5.49. The quantitative estimate of drug-likeness (QED) is 0.712. The molecule has 1 saturated heterocycles. The van der Waals surface area contributed by atoms with Gasteiger partial charge in [-0.25, -0.2) is 0 Å². The number of aromatic nitrogens is 1. The number of nitrogens with zero attached hydrogens (tertiary/aromatic N) is 2. The number of aryl methyl sites for hydroxylation is 1.